The highest BCUT2D eigenvalue weighted by Gasteiger charge is 2.14. The van der Waals surface area contributed by atoms with E-state index in [1.165, 1.54) is 12.3 Å². The lowest BCUT2D eigenvalue weighted by Crippen LogP contribution is -2.07. The van der Waals surface area contributed by atoms with Crippen molar-refractivity contribution in [3.05, 3.63) is 71.4 Å². The second-order valence-corrected chi connectivity index (χ2v) is 4.96. The Morgan fingerprint density at radius 1 is 0.880 bits per heavy atom. The Morgan fingerprint density at radius 3 is 2.48 bits per heavy atom. The molecule has 25 heavy (non-hydrogen) atoms. The van der Waals surface area contributed by atoms with Crippen molar-refractivity contribution in [2.75, 3.05) is 10.6 Å². The molecule has 0 fully saturated rings. The minimum Gasteiger partial charge on any atom is -0.364 e. The van der Waals surface area contributed by atoms with Crippen molar-refractivity contribution in [1.82, 2.24) is 15.2 Å². The average molecular weight is 349 g/mol. The van der Waals surface area contributed by atoms with Crippen LogP contribution in [0.4, 0.5) is 35.0 Å². The van der Waals surface area contributed by atoms with Crippen LogP contribution in [0, 0.1) is 23.3 Å². The third-order valence-electron chi connectivity index (χ3n) is 3.26. The summed E-state index contributed by atoms with van der Waals surface area (Å²) in [6, 6.07) is 7.98. The van der Waals surface area contributed by atoms with Crippen LogP contribution in [-0.2, 0) is 6.54 Å². The van der Waals surface area contributed by atoms with Gasteiger partial charge in [0.1, 0.15) is 5.82 Å². The summed E-state index contributed by atoms with van der Waals surface area (Å²) in [6.45, 7) is 0.143. The molecule has 0 saturated heterocycles. The van der Waals surface area contributed by atoms with Crippen molar-refractivity contribution in [2.45, 2.75) is 6.54 Å². The number of anilines is 3. The summed E-state index contributed by atoms with van der Waals surface area (Å²) >= 11 is 0. The van der Waals surface area contributed by atoms with Gasteiger partial charge in [-0.3, -0.25) is 0 Å². The fraction of sp³-hybridized carbons (Fsp3) is 0.0625. The van der Waals surface area contributed by atoms with E-state index in [9.17, 15) is 17.6 Å². The molecule has 5 nitrogen and oxygen atoms in total. The molecule has 2 N–H and O–H groups in total. The van der Waals surface area contributed by atoms with E-state index in [1.54, 1.807) is 18.2 Å². The van der Waals surface area contributed by atoms with Crippen molar-refractivity contribution in [2.24, 2.45) is 0 Å². The minimum absolute atomic E-state index is 0.136. The topological polar surface area (TPSA) is 62.7 Å². The summed E-state index contributed by atoms with van der Waals surface area (Å²) in [5, 5.41) is 12.5. The van der Waals surface area contributed by atoms with E-state index in [2.05, 4.69) is 25.8 Å². The smallest absolute Gasteiger partial charge is 0.249 e. The number of nitrogens with zero attached hydrogens (tertiary/aromatic N) is 3. The van der Waals surface area contributed by atoms with E-state index >= 15 is 0 Å². The van der Waals surface area contributed by atoms with Gasteiger partial charge in [-0.25, -0.2) is 17.6 Å². The van der Waals surface area contributed by atoms with Crippen LogP contribution >= 0.6 is 0 Å². The maximum atomic E-state index is 13.7. The Labute approximate surface area is 139 Å². The van der Waals surface area contributed by atoms with E-state index in [0.717, 1.165) is 12.1 Å². The third kappa shape index (κ3) is 3.82. The molecule has 0 amide bonds. The van der Waals surface area contributed by atoms with E-state index in [1.807, 2.05) is 0 Å². The second-order valence-electron chi connectivity index (χ2n) is 4.96. The molecule has 0 radical (unpaired) electrons. The third-order valence-corrected chi connectivity index (χ3v) is 3.26. The molecule has 9 heteroatoms. The Hall–Kier alpha value is -3.23. The van der Waals surface area contributed by atoms with E-state index in [4.69, 9.17) is 0 Å². The SMILES string of the molecule is Fc1ccccc1CNc1cnnc(Nc2ccc(F)c(F)c2F)n1. The average Bonchev–Trinajstić information content (AvgIpc) is 2.62. The summed E-state index contributed by atoms with van der Waals surface area (Å²) in [5.74, 6) is -4.58. The van der Waals surface area contributed by atoms with Crippen LogP contribution in [0.25, 0.3) is 0 Å². The normalized spacial score (nSPS) is 10.6. The van der Waals surface area contributed by atoms with Crippen molar-refractivity contribution >= 4 is 17.5 Å². The Kier molecular flexibility index (Phi) is 4.73. The van der Waals surface area contributed by atoms with Crippen LogP contribution in [0.1, 0.15) is 5.56 Å². The molecule has 2 aromatic carbocycles. The second kappa shape index (κ2) is 7.12. The van der Waals surface area contributed by atoms with Gasteiger partial charge in [0.15, 0.2) is 23.3 Å². The molecule has 128 valence electrons. The number of benzene rings is 2. The zero-order valence-corrected chi connectivity index (χ0v) is 12.6. The molecule has 3 rings (SSSR count). The predicted octanol–water partition coefficient (Wildman–Crippen LogP) is 3.78. The lowest BCUT2D eigenvalue weighted by atomic mass is 10.2. The van der Waals surface area contributed by atoms with Crippen molar-refractivity contribution in [3.8, 4) is 0 Å². The van der Waals surface area contributed by atoms with Crippen LogP contribution in [-0.4, -0.2) is 15.2 Å². The largest absolute Gasteiger partial charge is 0.364 e. The lowest BCUT2D eigenvalue weighted by molar-refractivity contribution is 0.449. The van der Waals surface area contributed by atoms with Crippen molar-refractivity contribution in [1.29, 1.82) is 0 Å². The molecule has 0 saturated carbocycles. The standard InChI is InChI=1S/C16H11F4N5/c17-10-4-2-1-3-9(10)7-21-13-8-22-25-16(24-13)23-12-6-5-11(18)14(19)15(12)20/h1-6,8H,7H2,(H2,21,23,24,25). The van der Waals surface area contributed by atoms with Gasteiger partial charge in [0.25, 0.3) is 0 Å². The Bertz CT molecular complexity index is 903. The highest BCUT2D eigenvalue weighted by atomic mass is 19.2. The maximum Gasteiger partial charge on any atom is 0.249 e. The van der Waals surface area contributed by atoms with Crippen LogP contribution in [0.5, 0.6) is 0 Å². The zero-order valence-electron chi connectivity index (χ0n) is 12.6. The first-order valence-electron chi connectivity index (χ1n) is 7.12. The van der Waals surface area contributed by atoms with E-state index < -0.39 is 17.5 Å². The van der Waals surface area contributed by atoms with Crippen LogP contribution < -0.4 is 10.6 Å². The molecule has 3 aromatic rings. The molecule has 0 aliphatic carbocycles. The van der Waals surface area contributed by atoms with Gasteiger partial charge < -0.3 is 10.6 Å². The molecule has 1 heterocycles. The molecule has 0 spiro atoms. The van der Waals surface area contributed by atoms with Gasteiger partial charge in [-0.15, -0.1) is 5.10 Å². The Morgan fingerprint density at radius 2 is 1.68 bits per heavy atom. The summed E-state index contributed by atoms with van der Waals surface area (Å²) in [7, 11) is 0. The molecule has 0 bridgehead atoms. The maximum absolute atomic E-state index is 13.7. The van der Waals surface area contributed by atoms with Gasteiger partial charge in [-0.05, 0) is 18.2 Å². The van der Waals surface area contributed by atoms with E-state index in [0.29, 0.717) is 5.56 Å². The summed E-state index contributed by atoms with van der Waals surface area (Å²) < 4.78 is 53.4. The zero-order chi connectivity index (χ0) is 17.8. The van der Waals surface area contributed by atoms with Crippen LogP contribution in [0.15, 0.2) is 42.6 Å². The number of halogens is 4. The number of hydrogen-bond donors (Lipinski definition) is 2. The number of aromatic nitrogens is 3. The van der Waals surface area contributed by atoms with Gasteiger partial charge in [0.05, 0.1) is 11.9 Å². The van der Waals surface area contributed by atoms with Gasteiger partial charge in [0, 0.05) is 12.1 Å². The van der Waals surface area contributed by atoms with E-state index in [-0.39, 0.29) is 29.8 Å². The van der Waals surface area contributed by atoms with Gasteiger partial charge in [0.2, 0.25) is 5.95 Å². The molecule has 0 aliphatic rings. The van der Waals surface area contributed by atoms with Crippen molar-refractivity contribution in [3.63, 3.8) is 0 Å². The van der Waals surface area contributed by atoms with Gasteiger partial charge >= 0.3 is 0 Å². The quantitative estimate of drug-likeness (QED) is 0.542. The first-order chi connectivity index (χ1) is 12.0. The molecule has 0 aliphatic heterocycles. The summed E-state index contributed by atoms with van der Waals surface area (Å²) in [6.07, 6.45) is 1.29. The predicted molar refractivity (Wildman–Crippen MR) is 83.2 cm³/mol. The monoisotopic (exact) mass is 349 g/mol. The Balaban J connectivity index is 1.74. The number of nitrogens with one attached hydrogen (secondary N) is 2. The molecular weight excluding hydrogens is 338 g/mol. The molecular formula is C16H11F4N5. The first kappa shape index (κ1) is 16.6. The highest BCUT2D eigenvalue weighted by Crippen LogP contribution is 2.22. The molecule has 0 unspecified atom stereocenters. The first-order valence-corrected chi connectivity index (χ1v) is 7.12. The minimum atomic E-state index is -1.60. The number of hydrogen-bond acceptors (Lipinski definition) is 5. The molecule has 0 atom stereocenters. The summed E-state index contributed by atoms with van der Waals surface area (Å²) in [4.78, 5) is 4.00. The fourth-order valence-electron chi connectivity index (χ4n) is 2.01. The lowest BCUT2D eigenvalue weighted by Gasteiger charge is -2.09. The van der Waals surface area contributed by atoms with Crippen molar-refractivity contribution < 1.29 is 17.6 Å². The fourth-order valence-corrected chi connectivity index (χ4v) is 2.01. The van der Waals surface area contributed by atoms with Crippen LogP contribution in [0.2, 0.25) is 0 Å². The van der Waals surface area contributed by atoms with Crippen LogP contribution in [0.3, 0.4) is 0 Å². The van der Waals surface area contributed by atoms with Gasteiger partial charge in [-0.1, -0.05) is 18.2 Å². The van der Waals surface area contributed by atoms with Gasteiger partial charge in [-0.2, -0.15) is 10.1 Å². The highest BCUT2D eigenvalue weighted by molar-refractivity contribution is 5.55. The summed E-state index contributed by atoms with van der Waals surface area (Å²) in [5.41, 5.74) is 0.0780. The number of rotatable bonds is 5. The molecule has 1 aromatic heterocycles.